The molecule has 0 bridgehead atoms. The van der Waals surface area contributed by atoms with E-state index in [1.807, 2.05) is 0 Å². The van der Waals surface area contributed by atoms with Crippen LogP contribution in [-0.2, 0) is 88.4 Å². The van der Waals surface area contributed by atoms with Crippen molar-refractivity contribution in [2.75, 3.05) is 0 Å². The van der Waals surface area contributed by atoms with E-state index in [1.54, 1.807) is 12.1 Å². The molecule has 0 unspecified atom stereocenters. The minimum atomic E-state index is -4.89. The monoisotopic (exact) mass is 1100 g/mol. The molecule has 0 N–H and O–H groups in total. The van der Waals surface area contributed by atoms with E-state index in [9.17, 15) is 105 Å². The molecule has 0 saturated heterocycles. The first-order chi connectivity index (χ1) is 25.7. The zero-order valence-electron chi connectivity index (χ0n) is 27.5. The van der Waals surface area contributed by atoms with Gasteiger partial charge in [0.1, 0.15) is 22.8 Å². The molecule has 4 heterocycles. The number of hydrogen-bond acceptors (Lipinski definition) is 6. The van der Waals surface area contributed by atoms with Crippen LogP contribution in [0, 0.1) is 22.7 Å². The Balaban J connectivity index is -0.000000329. The minimum Gasteiger partial charge on any atom is -0.571 e. The van der Waals surface area contributed by atoms with Crippen LogP contribution in [-0.4, -0.2) is 20.4 Å². The fraction of sp³-hybridized carbons (Fsp3) is 0.417. The Morgan fingerprint density at radius 2 is 0.450 bits per heavy atom. The molecule has 0 amide bonds. The number of halogens is 24. The minimum absolute atomic E-state index is 0. The molecule has 10 nitrogen and oxygen atoms in total. The van der Waals surface area contributed by atoms with Crippen molar-refractivity contribution < 1.29 is 144 Å². The van der Waals surface area contributed by atoms with Gasteiger partial charge in [-0.2, -0.15) is 116 Å². The summed E-state index contributed by atoms with van der Waals surface area (Å²) in [5.41, 5.74) is -13.1. The van der Waals surface area contributed by atoms with E-state index >= 15 is 0 Å². The van der Waals surface area contributed by atoms with Gasteiger partial charge < -0.3 is 40.8 Å². The summed E-state index contributed by atoms with van der Waals surface area (Å²) in [7, 11) is 0. The van der Waals surface area contributed by atoms with E-state index in [1.165, 1.54) is 13.8 Å². The van der Waals surface area contributed by atoms with Crippen molar-refractivity contribution in [3.63, 3.8) is 0 Å². The van der Waals surface area contributed by atoms with E-state index < -0.39 is 95.0 Å². The number of alkyl halides is 24. The first kappa shape index (κ1) is 62.0. The van der Waals surface area contributed by atoms with Gasteiger partial charge in [0, 0.05) is 13.8 Å². The van der Waals surface area contributed by atoms with Gasteiger partial charge in [0.25, 0.3) is 0 Å². The summed E-state index contributed by atoms with van der Waals surface area (Å²) in [6.45, 7) is 2.86. The van der Waals surface area contributed by atoms with Crippen LogP contribution < -0.4 is 20.4 Å². The molecule has 2 radical (unpaired) electrons. The second-order valence-electron chi connectivity index (χ2n) is 8.89. The summed E-state index contributed by atoms with van der Waals surface area (Å²) in [5.74, 6) is 0. The van der Waals surface area contributed by atoms with Gasteiger partial charge in [0.15, 0.2) is 0 Å². The molecule has 0 atom stereocenters. The van der Waals surface area contributed by atoms with Crippen LogP contribution in [0.25, 0.3) is 0 Å². The van der Waals surface area contributed by atoms with Gasteiger partial charge in [-0.15, -0.1) is 0 Å². The second-order valence-corrected chi connectivity index (χ2v) is 8.89. The molecular formula is C24H10F24N10Rh2. The van der Waals surface area contributed by atoms with Gasteiger partial charge in [-0.1, -0.05) is 0 Å². The van der Waals surface area contributed by atoms with Crippen LogP contribution >= 0.6 is 0 Å². The third-order valence-electron chi connectivity index (χ3n) is 4.48. The van der Waals surface area contributed by atoms with Crippen molar-refractivity contribution in [1.82, 2.24) is 40.8 Å². The molecule has 4 rings (SSSR count). The Morgan fingerprint density at radius 3 is 0.500 bits per heavy atom. The first-order valence-electron chi connectivity index (χ1n) is 12.9. The van der Waals surface area contributed by atoms with E-state index in [2.05, 4.69) is 40.8 Å². The van der Waals surface area contributed by atoms with Crippen molar-refractivity contribution >= 4 is 0 Å². The molecule has 0 aromatic carbocycles. The fourth-order valence-corrected chi connectivity index (χ4v) is 2.29. The van der Waals surface area contributed by atoms with E-state index in [-0.39, 0.29) is 63.2 Å². The molecule has 0 saturated carbocycles. The average molecular weight is 1100 g/mol. The van der Waals surface area contributed by atoms with E-state index in [4.69, 9.17) is 10.5 Å². The van der Waals surface area contributed by atoms with Gasteiger partial charge in [-0.25, -0.2) is 0 Å². The molecule has 0 fully saturated rings. The van der Waals surface area contributed by atoms with Crippen LogP contribution in [0.2, 0.25) is 0 Å². The van der Waals surface area contributed by atoms with Gasteiger partial charge in [-0.3, -0.25) is 0 Å². The summed E-state index contributed by atoms with van der Waals surface area (Å²) < 4.78 is 281. The van der Waals surface area contributed by atoms with E-state index in [0.29, 0.717) is 0 Å². The molecule has 0 spiro atoms. The summed E-state index contributed by atoms with van der Waals surface area (Å²) in [5, 5.41) is 33.5. The predicted octanol–water partition coefficient (Wildman–Crippen LogP) is 9.36. The third kappa shape index (κ3) is 23.2. The number of nitrogens with zero attached hydrogens (tertiary/aromatic N) is 10. The molecule has 36 heteroatoms. The van der Waals surface area contributed by atoms with Gasteiger partial charge in [0.2, 0.25) is 0 Å². The van der Waals surface area contributed by atoms with Crippen molar-refractivity contribution in [2.24, 2.45) is 0 Å². The zero-order valence-corrected chi connectivity index (χ0v) is 30.8. The second kappa shape index (κ2) is 23.4. The van der Waals surface area contributed by atoms with Crippen LogP contribution in [0.5, 0.6) is 0 Å². The number of nitriles is 2. The molecule has 4 aromatic rings. The maximum Gasteiger partial charge on any atom is 2.00 e. The van der Waals surface area contributed by atoms with Crippen molar-refractivity contribution in [1.29, 1.82) is 10.5 Å². The SMILES string of the molecule is CC#N.CC#N.FC(F)(F)c1cc(C(F)(F)F)[n-]n1.FC(F)(F)c1cc(C(F)(F)F)[n-]n1.FC(F)(F)c1cc(C(F)(F)F)[n-]n1.FC(F)(F)c1cc(C(F)(F)F)[n-]n1.[Rh+2].[Rh+2]. The Labute approximate surface area is 340 Å². The Hall–Kier alpha value is -4.61. The molecule has 60 heavy (non-hydrogen) atoms. The molecular weight excluding hydrogens is 1090 g/mol. The first-order valence-corrected chi connectivity index (χ1v) is 12.9. The zero-order chi connectivity index (χ0) is 46.5. The maximum atomic E-state index is 11.7. The van der Waals surface area contributed by atoms with Crippen molar-refractivity contribution in [2.45, 2.75) is 63.3 Å². The van der Waals surface area contributed by atoms with Crippen molar-refractivity contribution in [3.8, 4) is 12.1 Å². The average Bonchev–Trinajstić information content (AvgIpc) is 3.83. The molecule has 0 aliphatic rings. The van der Waals surface area contributed by atoms with Gasteiger partial charge in [-0.05, 0) is 47.0 Å². The third-order valence-corrected chi connectivity index (χ3v) is 4.48. The Kier molecular flexibility index (Phi) is 24.2. The van der Waals surface area contributed by atoms with Crippen LogP contribution in [0.4, 0.5) is 105 Å². The van der Waals surface area contributed by atoms with Crippen LogP contribution in [0.15, 0.2) is 24.3 Å². The summed E-state index contributed by atoms with van der Waals surface area (Å²) in [6, 6.07) is 2.94. The maximum absolute atomic E-state index is 11.7. The number of aromatic nitrogens is 8. The fourth-order valence-electron chi connectivity index (χ4n) is 2.29. The smallest absolute Gasteiger partial charge is 0.571 e. The number of rotatable bonds is 0. The topological polar surface area (TPSA) is 156 Å². The quantitative estimate of drug-likeness (QED) is 0.123. The normalized spacial score (nSPS) is 11.9. The molecule has 342 valence electrons. The number of hydrogen-bond donors (Lipinski definition) is 0. The Bertz CT molecular complexity index is 1510. The van der Waals surface area contributed by atoms with E-state index in [0.717, 1.165) is 0 Å². The standard InChI is InChI=1S/4C5HF6N2.2C2H3N.2Rh/c4*6-4(7,8)2-1-3(13-12-2)5(9,10)11;2*1-2-3;;/h4*1H;2*1H3;;/q4*-1;;;2*+2. The summed E-state index contributed by atoms with van der Waals surface area (Å²) in [4.78, 5) is 0. The van der Waals surface area contributed by atoms with Crippen molar-refractivity contribution in [3.05, 3.63) is 69.8 Å². The van der Waals surface area contributed by atoms with Crippen LogP contribution in [0.1, 0.15) is 59.4 Å². The predicted molar refractivity (Wildman–Crippen MR) is 133 cm³/mol. The molecule has 0 aliphatic heterocycles. The largest absolute Gasteiger partial charge is 2.00 e. The molecule has 0 aliphatic carbocycles. The molecule has 4 aromatic heterocycles. The van der Waals surface area contributed by atoms with Crippen LogP contribution in [0.3, 0.4) is 0 Å². The van der Waals surface area contributed by atoms with Gasteiger partial charge >= 0.3 is 88.4 Å². The van der Waals surface area contributed by atoms with Gasteiger partial charge in [0.05, 0.1) is 12.1 Å². The Morgan fingerprint density at radius 1 is 0.333 bits per heavy atom. The summed E-state index contributed by atoms with van der Waals surface area (Å²) >= 11 is 0. The summed E-state index contributed by atoms with van der Waals surface area (Å²) in [6.07, 6.45) is -39.1.